The summed E-state index contributed by atoms with van der Waals surface area (Å²) in [5.74, 6) is 0.883. The van der Waals surface area contributed by atoms with Gasteiger partial charge in [0, 0.05) is 26.3 Å². The van der Waals surface area contributed by atoms with Gasteiger partial charge in [-0.1, -0.05) is 12.1 Å². The van der Waals surface area contributed by atoms with Crippen LogP contribution in [-0.2, 0) is 4.79 Å². The van der Waals surface area contributed by atoms with Gasteiger partial charge in [-0.3, -0.25) is 19.4 Å². The highest BCUT2D eigenvalue weighted by atomic mass is 19.1. The maximum Gasteiger partial charge on any atom is 0.327 e. The molecule has 2 aliphatic heterocycles. The first kappa shape index (κ1) is 32.8. The molecule has 0 radical (unpaired) electrons. The summed E-state index contributed by atoms with van der Waals surface area (Å²) >= 11 is 0. The van der Waals surface area contributed by atoms with Crippen molar-refractivity contribution in [2.45, 2.75) is 31.8 Å². The van der Waals surface area contributed by atoms with Gasteiger partial charge in [0.05, 0.1) is 56.0 Å². The van der Waals surface area contributed by atoms with Crippen LogP contribution in [0.1, 0.15) is 33.1 Å². The Hall–Kier alpha value is -5.17. The second kappa shape index (κ2) is 13.9. The fourth-order valence-corrected chi connectivity index (χ4v) is 6.54. The molecule has 254 valence electrons. The highest BCUT2D eigenvalue weighted by molar-refractivity contribution is 6.03. The Balaban J connectivity index is 0.00000468. The van der Waals surface area contributed by atoms with Crippen molar-refractivity contribution in [3.05, 3.63) is 88.7 Å². The molecule has 1 aromatic heterocycles. The van der Waals surface area contributed by atoms with Crippen molar-refractivity contribution < 1.29 is 24.9 Å². The molecule has 3 aromatic carbocycles. The molecule has 2 saturated heterocycles. The third kappa shape index (κ3) is 6.37. The number of halogens is 1. The lowest BCUT2D eigenvalue weighted by Crippen LogP contribution is -2.58. The number of aromatic nitrogens is 2. The lowest BCUT2D eigenvalue weighted by molar-refractivity contribution is -0.136. The van der Waals surface area contributed by atoms with E-state index in [1.165, 1.54) is 43.4 Å². The Bertz CT molecular complexity index is 1870. The van der Waals surface area contributed by atoms with Crippen LogP contribution in [0.15, 0.2) is 71.5 Å². The SMILES string of the molecule is COc1ccc(N(C(=O)Nc2ccc(F)cc2)C(C)c2nc3ccccc3c(=O)n2N2CCN(C(=O)[C@@H]3CCCN3C)CC2)c(OC)c1.[HH]. The number of ether oxygens (including phenoxy) is 2. The van der Waals surface area contributed by atoms with E-state index in [1.54, 1.807) is 48.0 Å². The molecule has 0 spiro atoms. The van der Waals surface area contributed by atoms with Crippen LogP contribution in [0.25, 0.3) is 10.9 Å². The summed E-state index contributed by atoms with van der Waals surface area (Å²) in [5, 5.41) is 5.19. The quantitative estimate of drug-likeness (QED) is 0.295. The number of anilines is 2. The van der Waals surface area contributed by atoms with Gasteiger partial charge in [-0.2, -0.15) is 0 Å². The number of para-hydroxylation sites is 1. The van der Waals surface area contributed by atoms with Crippen LogP contribution in [0.4, 0.5) is 20.6 Å². The standard InChI is InChI=1S/C35H40FN7O5.H2/c1-23(42(29-16-15-26(47-3)22-31(29)48-4)35(46)37-25-13-11-24(36)12-14-25)32-38-28-9-6-5-8-27(28)33(44)43(32)41-20-18-40(19-21-41)34(45)30-10-7-17-39(30)2;/h5-6,8-9,11-16,22-23,30H,7,10,17-21H2,1-4H3,(H,37,46);1H/t23?,30-;/m0./s1. The molecule has 0 aliphatic carbocycles. The number of methoxy groups -OCH3 is 2. The molecule has 6 rings (SSSR count). The van der Waals surface area contributed by atoms with Crippen molar-refractivity contribution in [1.82, 2.24) is 19.5 Å². The second-order valence-electron chi connectivity index (χ2n) is 12.0. The predicted molar refractivity (Wildman–Crippen MR) is 184 cm³/mol. The maximum absolute atomic E-state index is 14.3. The minimum Gasteiger partial charge on any atom is -0.497 e. The second-order valence-corrected chi connectivity index (χ2v) is 12.0. The van der Waals surface area contributed by atoms with E-state index in [4.69, 9.17) is 14.5 Å². The molecule has 3 heterocycles. The molecule has 0 saturated carbocycles. The van der Waals surface area contributed by atoms with Gasteiger partial charge in [0.1, 0.15) is 17.3 Å². The van der Waals surface area contributed by atoms with Crippen molar-refractivity contribution in [1.29, 1.82) is 0 Å². The zero-order chi connectivity index (χ0) is 33.9. The minimum absolute atomic E-state index is 0. The van der Waals surface area contributed by atoms with Crippen LogP contribution in [0.2, 0.25) is 0 Å². The monoisotopic (exact) mass is 659 g/mol. The summed E-state index contributed by atoms with van der Waals surface area (Å²) in [7, 11) is 5.01. The molecule has 48 heavy (non-hydrogen) atoms. The largest absolute Gasteiger partial charge is 0.497 e. The Morgan fingerprint density at radius 2 is 1.73 bits per heavy atom. The first-order chi connectivity index (χ1) is 23.2. The number of benzene rings is 3. The van der Waals surface area contributed by atoms with E-state index < -0.39 is 17.9 Å². The fourth-order valence-electron chi connectivity index (χ4n) is 6.54. The van der Waals surface area contributed by atoms with E-state index in [0.717, 1.165) is 19.4 Å². The third-order valence-electron chi connectivity index (χ3n) is 9.16. The number of likely N-dealkylation sites (N-methyl/N-ethyl adjacent to an activating group) is 1. The number of carbonyl (C=O) groups is 2. The van der Waals surface area contributed by atoms with E-state index in [-0.39, 0.29) is 18.9 Å². The molecule has 12 nitrogen and oxygen atoms in total. The number of likely N-dealkylation sites (tertiary alicyclic amines) is 1. The summed E-state index contributed by atoms with van der Waals surface area (Å²) < 4.78 is 26.3. The minimum atomic E-state index is -0.822. The van der Waals surface area contributed by atoms with Crippen LogP contribution in [-0.4, -0.2) is 91.4 Å². The highest BCUT2D eigenvalue weighted by Crippen LogP contribution is 2.37. The molecule has 1 unspecified atom stereocenters. The number of nitrogens with zero attached hydrogens (tertiary/aromatic N) is 6. The molecule has 13 heteroatoms. The number of hydrogen-bond donors (Lipinski definition) is 1. The molecule has 0 bridgehead atoms. The van der Waals surface area contributed by atoms with Gasteiger partial charge in [-0.25, -0.2) is 18.8 Å². The van der Waals surface area contributed by atoms with E-state index in [9.17, 15) is 18.8 Å². The van der Waals surface area contributed by atoms with Crippen molar-refractivity contribution in [2.75, 3.05) is 69.2 Å². The average Bonchev–Trinajstić information content (AvgIpc) is 3.54. The summed E-state index contributed by atoms with van der Waals surface area (Å²) in [6.07, 6.45) is 1.84. The number of nitrogens with one attached hydrogen (secondary N) is 1. The molecule has 2 atom stereocenters. The topological polar surface area (TPSA) is 112 Å². The number of amides is 3. The molecule has 2 fully saturated rings. The van der Waals surface area contributed by atoms with Crippen molar-refractivity contribution in [3.63, 3.8) is 0 Å². The van der Waals surface area contributed by atoms with E-state index in [1.807, 2.05) is 23.0 Å². The van der Waals surface area contributed by atoms with Crippen LogP contribution < -0.4 is 30.3 Å². The Morgan fingerprint density at radius 1 is 1.00 bits per heavy atom. The van der Waals surface area contributed by atoms with Gasteiger partial charge >= 0.3 is 6.03 Å². The van der Waals surface area contributed by atoms with Crippen LogP contribution in [0.3, 0.4) is 0 Å². The molecule has 1 N–H and O–H groups in total. The van der Waals surface area contributed by atoms with Crippen LogP contribution in [0, 0.1) is 5.82 Å². The average molecular weight is 660 g/mol. The summed E-state index contributed by atoms with van der Waals surface area (Å²) in [5.41, 5.74) is 0.983. The molecule has 4 aromatic rings. The van der Waals surface area contributed by atoms with Crippen LogP contribution in [0.5, 0.6) is 11.5 Å². The van der Waals surface area contributed by atoms with Crippen LogP contribution >= 0.6 is 0 Å². The number of piperazine rings is 1. The Kier molecular flexibility index (Phi) is 9.49. The van der Waals surface area contributed by atoms with E-state index in [0.29, 0.717) is 65.8 Å². The van der Waals surface area contributed by atoms with Gasteiger partial charge in [-0.05, 0) is 81.9 Å². The van der Waals surface area contributed by atoms with Crippen molar-refractivity contribution in [3.8, 4) is 11.5 Å². The number of hydrogen-bond acceptors (Lipinski definition) is 8. The van der Waals surface area contributed by atoms with E-state index in [2.05, 4.69) is 10.2 Å². The zero-order valence-corrected chi connectivity index (χ0v) is 27.6. The van der Waals surface area contributed by atoms with Crippen molar-refractivity contribution >= 4 is 34.2 Å². The molecular weight excluding hydrogens is 617 g/mol. The Labute approximate surface area is 279 Å². The van der Waals surface area contributed by atoms with Gasteiger partial charge < -0.3 is 24.7 Å². The van der Waals surface area contributed by atoms with Gasteiger partial charge in [-0.15, -0.1) is 0 Å². The van der Waals surface area contributed by atoms with E-state index >= 15 is 0 Å². The van der Waals surface area contributed by atoms with Crippen molar-refractivity contribution in [2.24, 2.45) is 0 Å². The third-order valence-corrected chi connectivity index (χ3v) is 9.16. The number of rotatable bonds is 8. The lowest BCUT2D eigenvalue weighted by Gasteiger charge is -2.40. The number of fused-ring (bicyclic) bond motifs is 1. The van der Waals surface area contributed by atoms with Gasteiger partial charge in [0.25, 0.3) is 5.56 Å². The smallest absolute Gasteiger partial charge is 0.327 e. The van der Waals surface area contributed by atoms with Gasteiger partial charge in [0.15, 0.2) is 5.82 Å². The molecule has 3 amide bonds. The molecule has 2 aliphatic rings. The fraction of sp³-hybridized carbons (Fsp3) is 0.371. The summed E-state index contributed by atoms with van der Waals surface area (Å²) in [6.45, 7) is 4.37. The maximum atomic E-state index is 14.3. The Morgan fingerprint density at radius 3 is 2.40 bits per heavy atom. The first-order valence-electron chi connectivity index (χ1n) is 16.0. The van der Waals surface area contributed by atoms with Gasteiger partial charge in [0.2, 0.25) is 5.91 Å². The normalized spacial score (nSPS) is 17.3. The lowest BCUT2D eigenvalue weighted by atomic mass is 10.1. The predicted octanol–water partition coefficient (Wildman–Crippen LogP) is 4.47. The number of urea groups is 1. The summed E-state index contributed by atoms with van der Waals surface area (Å²) in [4.78, 5) is 52.2. The zero-order valence-electron chi connectivity index (χ0n) is 27.6. The summed E-state index contributed by atoms with van der Waals surface area (Å²) in [6, 6.07) is 16.1. The molecular formula is C35H42FN7O5. The highest BCUT2D eigenvalue weighted by Gasteiger charge is 2.35. The first-order valence-corrected chi connectivity index (χ1v) is 16.0. The number of carbonyl (C=O) groups excluding carboxylic acids is 2.